The molecule has 6 atom stereocenters. The highest BCUT2D eigenvalue weighted by Gasteiger charge is 2.83. The first-order valence-corrected chi connectivity index (χ1v) is 10.7. The summed E-state index contributed by atoms with van der Waals surface area (Å²) in [4.78, 5) is 0. The Bertz CT molecular complexity index is 991. The molecule has 5 saturated carbocycles. The molecule has 0 aliphatic heterocycles. The molecule has 6 aliphatic carbocycles. The SMILES string of the molecule is Oc1ccc2c(c1)C=CC1(C2)C2C3CC4CC(c5ccccc5)(C3)CC21C4. The lowest BCUT2D eigenvalue weighted by Crippen LogP contribution is -2.49. The van der Waals surface area contributed by atoms with Crippen LogP contribution in [0.3, 0.4) is 0 Å². The molecule has 0 radical (unpaired) electrons. The third kappa shape index (κ3) is 1.64. The number of allylic oxidation sites excluding steroid dienone is 1. The number of benzene rings is 2. The second-order valence-corrected chi connectivity index (χ2v) is 10.4. The average molecular weight is 354 g/mol. The van der Waals surface area contributed by atoms with Crippen LogP contribution in [0.25, 0.3) is 6.08 Å². The smallest absolute Gasteiger partial charge is 0.116 e. The van der Waals surface area contributed by atoms with Crippen LogP contribution < -0.4 is 0 Å². The minimum absolute atomic E-state index is 0.392. The van der Waals surface area contributed by atoms with Crippen molar-refractivity contribution < 1.29 is 5.11 Å². The van der Waals surface area contributed by atoms with Gasteiger partial charge in [0.2, 0.25) is 0 Å². The maximum Gasteiger partial charge on any atom is 0.116 e. The van der Waals surface area contributed by atoms with Gasteiger partial charge in [-0.3, -0.25) is 0 Å². The Morgan fingerprint density at radius 1 is 0.963 bits per heavy atom. The van der Waals surface area contributed by atoms with Gasteiger partial charge in [0.25, 0.3) is 0 Å². The summed E-state index contributed by atoms with van der Waals surface area (Å²) in [5, 5.41) is 9.86. The van der Waals surface area contributed by atoms with Gasteiger partial charge in [0.1, 0.15) is 5.75 Å². The van der Waals surface area contributed by atoms with Gasteiger partial charge in [-0.25, -0.2) is 0 Å². The molecule has 6 aliphatic rings. The van der Waals surface area contributed by atoms with E-state index in [0.717, 1.165) is 17.8 Å². The van der Waals surface area contributed by atoms with E-state index in [0.29, 0.717) is 22.0 Å². The summed E-state index contributed by atoms with van der Waals surface area (Å²) in [6.45, 7) is 0. The molecule has 6 unspecified atom stereocenters. The Kier molecular flexibility index (Phi) is 2.50. The molecule has 0 heterocycles. The molecule has 0 amide bonds. The van der Waals surface area contributed by atoms with Crippen LogP contribution in [0.4, 0.5) is 0 Å². The zero-order valence-corrected chi connectivity index (χ0v) is 15.7. The van der Waals surface area contributed by atoms with E-state index in [4.69, 9.17) is 0 Å². The van der Waals surface area contributed by atoms with Crippen LogP contribution in [0.1, 0.15) is 48.8 Å². The predicted molar refractivity (Wildman–Crippen MR) is 107 cm³/mol. The standard InChI is InChI=1S/C26H26O/c27-22-7-6-19-15-25(9-8-18(19)11-22)23-20-10-17-12-24(14-20,16-26(23,25)13-17)21-4-2-1-3-5-21/h1-9,11,17,20,23,27H,10,12-16H2. The van der Waals surface area contributed by atoms with E-state index in [1.165, 1.54) is 49.7 Å². The van der Waals surface area contributed by atoms with Gasteiger partial charge in [0.05, 0.1) is 0 Å². The molecular formula is C26H26O. The lowest BCUT2D eigenvalue weighted by atomic mass is 9.47. The highest BCUT2D eigenvalue weighted by atomic mass is 16.3. The first-order chi connectivity index (χ1) is 13.1. The molecule has 2 aromatic carbocycles. The topological polar surface area (TPSA) is 20.2 Å². The molecule has 4 bridgehead atoms. The monoisotopic (exact) mass is 354 g/mol. The molecule has 1 heteroatoms. The van der Waals surface area contributed by atoms with Crippen LogP contribution >= 0.6 is 0 Å². The summed E-state index contributed by atoms with van der Waals surface area (Å²) in [6.07, 6.45) is 13.3. The Morgan fingerprint density at radius 2 is 1.85 bits per heavy atom. The van der Waals surface area contributed by atoms with Crippen molar-refractivity contribution in [2.45, 2.75) is 43.9 Å². The van der Waals surface area contributed by atoms with Crippen molar-refractivity contribution in [2.75, 3.05) is 0 Å². The lowest BCUT2D eigenvalue weighted by molar-refractivity contribution is -0.0147. The van der Waals surface area contributed by atoms with Gasteiger partial charge in [0, 0.05) is 5.41 Å². The Labute approximate surface area is 161 Å². The van der Waals surface area contributed by atoms with Crippen LogP contribution in [0.15, 0.2) is 54.6 Å². The summed E-state index contributed by atoms with van der Waals surface area (Å²) in [5.41, 5.74) is 5.68. The Morgan fingerprint density at radius 3 is 2.74 bits per heavy atom. The molecule has 136 valence electrons. The highest BCUT2D eigenvalue weighted by molar-refractivity contribution is 5.63. The largest absolute Gasteiger partial charge is 0.508 e. The van der Waals surface area contributed by atoms with E-state index >= 15 is 0 Å². The fraction of sp³-hybridized carbons (Fsp3) is 0.462. The Balaban J connectivity index is 1.34. The summed E-state index contributed by atoms with van der Waals surface area (Å²) in [5.74, 6) is 3.14. The fourth-order valence-electron chi connectivity index (χ4n) is 8.87. The van der Waals surface area contributed by atoms with Crippen molar-refractivity contribution >= 4 is 6.08 Å². The first-order valence-electron chi connectivity index (χ1n) is 10.7. The zero-order chi connectivity index (χ0) is 17.9. The molecule has 0 aromatic heterocycles. The van der Waals surface area contributed by atoms with Gasteiger partial charge in [0.15, 0.2) is 0 Å². The van der Waals surface area contributed by atoms with Gasteiger partial charge in [-0.1, -0.05) is 48.6 Å². The number of fused-ring (bicyclic) bond motifs is 1. The van der Waals surface area contributed by atoms with Crippen LogP contribution in [-0.4, -0.2) is 5.11 Å². The lowest BCUT2D eigenvalue weighted by Gasteiger charge is -2.57. The minimum atomic E-state index is 0.392. The van der Waals surface area contributed by atoms with Crippen LogP contribution in [0.2, 0.25) is 0 Å². The number of hydrogen-bond acceptors (Lipinski definition) is 1. The maximum atomic E-state index is 9.86. The summed E-state index contributed by atoms with van der Waals surface area (Å²) >= 11 is 0. The number of phenolic OH excluding ortho intramolecular Hbond substituents is 1. The van der Waals surface area contributed by atoms with Crippen molar-refractivity contribution in [1.29, 1.82) is 0 Å². The number of hydrogen-bond donors (Lipinski definition) is 1. The van der Waals surface area contributed by atoms with Gasteiger partial charge in [-0.2, -0.15) is 0 Å². The van der Waals surface area contributed by atoms with E-state index < -0.39 is 0 Å². The maximum absolute atomic E-state index is 9.86. The molecule has 1 nitrogen and oxygen atoms in total. The highest BCUT2D eigenvalue weighted by Crippen LogP contribution is 2.88. The fourth-order valence-corrected chi connectivity index (χ4v) is 8.87. The zero-order valence-electron chi connectivity index (χ0n) is 15.7. The van der Waals surface area contributed by atoms with Crippen LogP contribution in [0.5, 0.6) is 5.75 Å². The molecule has 27 heavy (non-hydrogen) atoms. The Hall–Kier alpha value is -2.02. The summed E-state index contributed by atoms with van der Waals surface area (Å²) < 4.78 is 0. The van der Waals surface area contributed by atoms with Crippen molar-refractivity contribution in [1.82, 2.24) is 0 Å². The third-order valence-corrected chi connectivity index (χ3v) is 9.30. The molecule has 2 aromatic rings. The van der Waals surface area contributed by atoms with E-state index in [9.17, 15) is 5.11 Å². The number of rotatable bonds is 1. The summed E-state index contributed by atoms with van der Waals surface area (Å²) in [6, 6.07) is 17.5. The normalized spacial score (nSPS) is 45.0. The molecule has 8 rings (SSSR count). The summed E-state index contributed by atoms with van der Waals surface area (Å²) in [7, 11) is 0. The predicted octanol–water partition coefficient (Wildman–Crippen LogP) is 5.73. The molecule has 5 fully saturated rings. The number of aromatic hydroxyl groups is 1. The van der Waals surface area contributed by atoms with E-state index in [2.05, 4.69) is 48.6 Å². The molecule has 0 saturated heterocycles. The molecular weight excluding hydrogens is 328 g/mol. The van der Waals surface area contributed by atoms with Crippen molar-refractivity contribution in [3.05, 3.63) is 71.3 Å². The molecule has 1 N–H and O–H groups in total. The first kappa shape index (κ1) is 15.0. The van der Waals surface area contributed by atoms with Gasteiger partial charge in [-0.15, -0.1) is 0 Å². The van der Waals surface area contributed by atoms with E-state index in [-0.39, 0.29) is 0 Å². The van der Waals surface area contributed by atoms with Crippen LogP contribution in [-0.2, 0) is 11.8 Å². The van der Waals surface area contributed by atoms with Gasteiger partial charge in [-0.05, 0) is 95.9 Å². The van der Waals surface area contributed by atoms with E-state index in [1.807, 2.05) is 12.1 Å². The van der Waals surface area contributed by atoms with Crippen molar-refractivity contribution in [2.24, 2.45) is 28.6 Å². The van der Waals surface area contributed by atoms with Gasteiger partial charge >= 0.3 is 0 Å². The average Bonchev–Trinajstić information content (AvgIpc) is 3.21. The quantitative estimate of drug-likeness (QED) is 0.694. The second kappa shape index (κ2) is 4.51. The molecule has 2 spiro atoms. The minimum Gasteiger partial charge on any atom is -0.508 e. The second-order valence-electron chi connectivity index (χ2n) is 10.4. The number of phenols is 1. The van der Waals surface area contributed by atoms with Gasteiger partial charge < -0.3 is 5.11 Å². The van der Waals surface area contributed by atoms with Crippen molar-refractivity contribution in [3.8, 4) is 5.75 Å². The van der Waals surface area contributed by atoms with E-state index in [1.54, 1.807) is 5.56 Å². The third-order valence-electron chi connectivity index (χ3n) is 9.30. The van der Waals surface area contributed by atoms with Crippen LogP contribution in [0, 0.1) is 28.6 Å². The van der Waals surface area contributed by atoms with Crippen molar-refractivity contribution in [3.63, 3.8) is 0 Å².